The summed E-state index contributed by atoms with van der Waals surface area (Å²) in [6, 6.07) is 9.84. The molecule has 1 aliphatic heterocycles. The molecule has 3 atom stereocenters. The van der Waals surface area contributed by atoms with Gasteiger partial charge in [-0.3, -0.25) is 4.90 Å². The maximum atomic E-state index is 13.9. The number of carbonyl (C=O) groups is 1. The van der Waals surface area contributed by atoms with Crippen LogP contribution in [0.15, 0.2) is 42.5 Å². The number of nitrogens with zero attached hydrogens (tertiary/aromatic N) is 1. The van der Waals surface area contributed by atoms with Crippen LogP contribution in [-0.2, 0) is 16.0 Å². The van der Waals surface area contributed by atoms with Crippen LogP contribution in [0.5, 0.6) is 0 Å². The van der Waals surface area contributed by atoms with Gasteiger partial charge in [0.25, 0.3) is 0 Å². The zero-order valence-corrected chi connectivity index (χ0v) is 20.6. The minimum Gasteiger partial charge on any atom is -0.478 e. The van der Waals surface area contributed by atoms with Crippen molar-refractivity contribution in [1.82, 2.24) is 4.90 Å². The Kier molecular flexibility index (Phi) is 9.55. The first-order valence-corrected chi connectivity index (χ1v) is 12.2. The second-order valence-electron chi connectivity index (χ2n) is 9.30. The smallest absolute Gasteiger partial charge is 0.328 e. The van der Waals surface area contributed by atoms with E-state index < -0.39 is 24.0 Å². The van der Waals surface area contributed by atoms with E-state index in [1.165, 1.54) is 12.1 Å². The summed E-state index contributed by atoms with van der Waals surface area (Å²) in [6.07, 6.45) is 3.08. The first-order chi connectivity index (χ1) is 16.7. The average Bonchev–Trinajstić information content (AvgIpc) is 3.24. The number of β-amino-alcohol motifs (C(OH)–C–C–N with tert-alkyl or cyclic N) is 1. The Balaban J connectivity index is 1.61. The summed E-state index contributed by atoms with van der Waals surface area (Å²) in [7, 11) is 0. The number of halogens is 2. The Morgan fingerprint density at radius 1 is 1.26 bits per heavy atom. The van der Waals surface area contributed by atoms with E-state index in [9.17, 15) is 18.7 Å². The van der Waals surface area contributed by atoms with Crippen molar-refractivity contribution in [3.05, 3.63) is 76.4 Å². The number of hydrogen-bond acceptors (Lipinski definition) is 4. The number of likely N-dealkylation sites (tertiary alicyclic amines) is 1. The maximum Gasteiger partial charge on any atom is 0.328 e. The van der Waals surface area contributed by atoms with Gasteiger partial charge in [0.15, 0.2) is 0 Å². The lowest BCUT2D eigenvalue weighted by atomic mass is 9.94. The van der Waals surface area contributed by atoms with Gasteiger partial charge in [0, 0.05) is 18.7 Å². The molecule has 1 aliphatic rings. The number of aliphatic carboxylic acids is 1. The standard InChI is InChI=1S/C28H35F2NO4/c1-4-21(14-28(33)34)26-15-22(29)9-10-25(26)19(3)35-17-24(32)16-31-11-5-6-23(31)12-20-8-7-18(2)27(30)13-20/h7-10,13-15,19,23-24,32H,4-6,11-12,16-17H2,1-3H3,(H,33,34)/b21-14+/t19-,23+,24+/m1/s1. The van der Waals surface area contributed by atoms with Gasteiger partial charge in [-0.2, -0.15) is 0 Å². The van der Waals surface area contributed by atoms with Crippen molar-refractivity contribution >= 4 is 11.5 Å². The van der Waals surface area contributed by atoms with Crippen LogP contribution < -0.4 is 0 Å². The Morgan fingerprint density at radius 3 is 2.71 bits per heavy atom. The highest BCUT2D eigenvalue weighted by atomic mass is 19.1. The van der Waals surface area contributed by atoms with Gasteiger partial charge >= 0.3 is 5.97 Å². The lowest BCUT2D eigenvalue weighted by molar-refractivity contribution is -0.131. The van der Waals surface area contributed by atoms with E-state index in [1.807, 2.05) is 19.9 Å². The molecule has 0 aliphatic carbocycles. The molecule has 0 unspecified atom stereocenters. The molecule has 0 radical (unpaired) electrons. The predicted octanol–water partition coefficient (Wildman–Crippen LogP) is 5.30. The molecular weight excluding hydrogens is 452 g/mol. The van der Waals surface area contributed by atoms with E-state index in [2.05, 4.69) is 4.90 Å². The fourth-order valence-corrected chi connectivity index (χ4v) is 4.75. The lowest BCUT2D eigenvalue weighted by Crippen LogP contribution is -2.39. The van der Waals surface area contributed by atoms with Crippen LogP contribution in [-0.4, -0.2) is 52.9 Å². The van der Waals surface area contributed by atoms with Crippen molar-refractivity contribution in [3.8, 4) is 0 Å². The van der Waals surface area contributed by atoms with Crippen LogP contribution in [0.4, 0.5) is 8.78 Å². The fourth-order valence-electron chi connectivity index (χ4n) is 4.75. The van der Waals surface area contributed by atoms with Gasteiger partial charge < -0.3 is 14.9 Å². The molecule has 1 saturated heterocycles. The van der Waals surface area contributed by atoms with Crippen molar-refractivity contribution in [2.75, 3.05) is 19.7 Å². The van der Waals surface area contributed by atoms with Gasteiger partial charge in [-0.1, -0.05) is 25.1 Å². The molecule has 0 bridgehead atoms. The highest BCUT2D eigenvalue weighted by Gasteiger charge is 2.27. The molecule has 1 heterocycles. The Labute approximate surface area is 206 Å². The van der Waals surface area contributed by atoms with Gasteiger partial charge in [-0.15, -0.1) is 0 Å². The van der Waals surface area contributed by atoms with E-state index in [-0.39, 0.29) is 18.5 Å². The van der Waals surface area contributed by atoms with Gasteiger partial charge in [0.1, 0.15) is 11.6 Å². The summed E-state index contributed by atoms with van der Waals surface area (Å²) in [5.74, 6) is -1.73. The molecule has 2 N–H and O–H groups in total. The third-order valence-corrected chi connectivity index (χ3v) is 6.67. The van der Waals surface area contributed by atoms with Crippen molar-refractivity contribution in [3.63, 3.8) is 0 Å². The number of hydrogen-bond donors (Lipinski definition) is 2. The number of aryl methyl sites for hydroxylation is 1. The molecule has 0 saturated carbocycles. The van der Waals surface area contributed by atoms with Gasteiger partial charge in [0.05, 0.1) is 18.8 Å². The van der Waals surface area contributed by atoms with E-state index in [0.717, 1.165) is 37.4 Å². The van der Waals surface area contributed by atoms with Gasteiger partial charge in [-0.25, -0.2) is 13.6 Å². The van der Waals surface area contributed by atoms with Gasteiger partial charge in [-0.05, 0) is 92.1 Å². The van der Waals surface area contributed by atoms with Crippen molar-refractivity contribution < 1.29 is 28.5 Å². The van der Waals surface area contributed by atoms with Crippen LogP contribution in [0.25, 0.3) is 5.57 Å². The second-order valence-corrected chi connectivity index (χ2v) is 9.30. The van der Waals surface area contributed by atoms with E-state index >= 15 is 0 Å². The third kappa shape index (κ3) is 7.43. The number of carboxylic acids is 1. The molecule has 7 heteroatoms. The zero-order valence-electron chi connectivity index (χ0n) is 20.6. The number of aliphatic hydroxyl groups is 1. The average molecular weight is 488 g/mol. The first kappa shape index (κ1) is 27.0. The second kappa shape index (κ2) is 12.4. The molecule has 0 spiro atoms. The summed E-state index contributed by atoms with van der Waals surface area (Å²) in [5.41, 5.74) is 3.27. The summed E-state index contributed by atoms with van der Waals surface area (Å²) in [6.45, 7) is 6.77. The molecule has 35 heavy (non-hydrogen) atoms. The first-order valence-electron chi connectivity index (χ1n) is 12.2. The minimum absolute atomic E-state index is 0.0878. The molecule has 2 aromatic rings. The number of carboxylic acid groups (broad SMARTS) is 1. The summed E-state index contributed by atoms with van der Waals surface area (Å²) in [4.78, 5) is 13.4. The SMILES string of the molecule is CC/C(=C\C(=O)O)c1cc(F)ccc1[C@@H](C)OC[C@@H](O)CN1CCC[C@H]1Cc1ccc(C)c(F)c1. The predicted molar refractivity (Wildman–Crippen MR) is 132 cm³/mol. The van der Waals surface area contributed by atoms with Crippen LogP contribution >= 0.6 is 0 Å². The normalized spacial score (nSPS) is 18.6. The molecule has 190 valence electrons. The number of allylic oxidation sites excluding steroid dienone is 1. The highest BCUT2D eigenvalue weighted by Crippen LogP contribution is 2.30. The van der Waals surface area contributed by atoms with Crippen molar-refractivity contribution in [2.45, 2.75) is 64.7 Å². The van der Waals surface area contributed by atoms with Crippen molar-refractivity contribution in [2.24, 2.45) is 0 Å². The fraction of sp³-hybridized carbons (Fsp3) is 0.464. The van der Waals surface area contributed by atoms with Crippen LogP contribution in [0.3, 0.4) is 0 Å². The summed E-state index contributed by atoms with van der Waals surface area (Å²) < 4.78 is 33.8. The third-order valence-electron chi connectivity index (χ3n) is 6.67. The van der Waals surface area contributed by atoms with E-state index in [1.54, 1.807) is 25.1 Å². The molecular formula is C28H35F2NO4. The summed E-state index contributed by atoms with van der Waals surface area (Å²) in [5, 5.41) is 19.9. The lowest BCUT2D eigenvalue weighted by Gasteiger charge is -2.28. The Hall–Kier alpha value is -2.61. The Bertz CT molecular complexity index is 1060. The topological polar surface area (TPSA) is 70.0 Å². The number of ether oxygens (including phenoxy) is 1. The monoisotopic (exact) mass is 487 g/mol. The number of benzene rings is 2. The van der Waals surface area contributed by atoms with Crippen LogP contribution in [0.2, 0.25) is 0 Å². The quantitative estimate of drug-likeness (QED) is 0.421. The molecule has 2 aromatic carbocycles. The molecule has 0 aromatic heterocycles. The maximum absolute atomic E-state index is 13.9. The van der Waals surface area contributed by atoms with E-state index in [4.69, 9.17) is 9.84 Å². The molecule has 5 nitrogen and oxygen atoms in total. The van der Waals surface area contributed by atoms with Crippen LogP contribution in [0, 0.1) is 18.6 Å². The Morgan fingerprint density at radius 2 is 2.03 bits per heavy atom. The molecule has 0 amide bonds. The van der Waals surface area contributed by atoms with Crippen LogP contribution in [0.1, 0.15) is 61.5 Å². The molecule has 3 rings (SSSR count). The van der Waals surface area contributed by atoms with Crippen molar-refractivity contribution in [1.29, 1.82) is 0 Å². The largest absolute Gasteiger partial charge is 0.478 e. The highest BCUT2D eigenvalue weighted by molar-refractivity contribution is 5.90. The molecule has 1 fully saturated rings. The minimum atomic E-state index is -1.09. The zero-order chi connectivity index (χ0) is 25.5. The van der Waals surface area contributed by atoms with Gasteiger partial charge in [0.2, 0.25) is 0 Å². The number of rotatable bonds is 11. The summed E-state index contributed by atoms with van der Waals surface area (Å²) >= 11 is 0. The number of aliphatic hydroxyl groups excluding tert-OH is 1. The van der Waals surface area contributed by atoms with E-state index in [0.29, 0.717) is 35.2 Å².